The van der Waals surface area contributed by atoms with Gasteiger partial charge in [-0.3, -0.25) is 9.69 Å². The van der Waals surface area contributed by atoms with E-state index in [1.54, 1.807) is 11.8 Å². The molecule has 0 spiro atoms. The van der Waals surface area contributed by atoms with E-state index >= 15 is 0 Å². The quantitative estimate of drug-likeness (QED) is 0.774. The van der Waals surface area contributed by atoms with Crippen molar-refractivity contribution >= 4 is 17.7 Å². The average Bonchev–Trinajstić information content (AvgIpc) is 2.92. The lowest BCUT2D eigenvalue weighted by molar-refractivity contribution is -0.129. The SMILES string of the molecule is CSCCC(=O)N(C)C[C@@H]1CCN(Cc2ccccc2)C1. The number of hydrogen-bond acceptors (Lipinski definition) is 3. The highest BCUT2D eigenvalue weighted by atomic mass is 32.2. The molecule has 1 atom stereocenters. The van der Waals surface area contributed by atoms with Gasteiger partial charge < -0.3 is 4.90 Å². The maximum absolute atomic E-state index is 12.0. The van der Waals surface area contributed by atoms with Gasteiger partial charge in [-0.1, -0.05) is 30.3 Å². The Bertz CT molecular complexity index is 438. The number of carbonyl (C=O) groups is 1. The first-order valence-electron chi connectivity index (χ1n) is 7.68. The molecule has 3 nitrogen and oxygen atoms in total. The number of carbonyl (C=O) groups excluding carboxylic acids is 1. The lowest BCUT2D eigenvalue weighted by Crippen LogP contribution is -2.33. The van der Waals surface area contributed by atoms with Crippen LogP contribution in [0, 0.1) is 5.92 Å². The lowest BCUT2D eigenvalue weighted by atomic mass is 10.1. The molecule has 1 aliphatic rings. The molecular weight excluding hydrogens is 280 g/mol. The van der Waals surface area contributed by atoms with Crippen molar-refractivity contribution in [3.8, 4) is 0 Å². The fraction of sp³-hybridized carbons (Fsp3) is 0.588. The largest absolute Gasteiger partial charge is 0.345 e. The lowest BCUT2D eigenvalue weighted by Gasteiger charge is -2.22. The normalized spacial score (nSPS) is 18.9. The Morgan fingerprint density at radius 1 is 1.38 bits per heavy atom. The van der Waals surface area contributed by atoms with Crippen LogP contribution in [0.15, 0.2) is 30.3 Å². The molecule has 116 valence electrons. The molecule has 0 saturated carbocycles. The second-order valence-electron chi connectivity index (χ2n) is 5.89. The molecule has 1 aromatic rings. The highest BCUT2D eigenvalue weighted by Crippen LogP contribution is 2.19. The van der Waals surface area contributed by atoms with Crippen LogP contribution >= 0.6 is 11.8 Å². The highest BCUT2D eigenvalue weighted by molar-refractivity contribution is 7.98. The van der Waals surface area contributed by atoms with E-state index < -0.39 is 0 Å². The van der Waals surface area contributed by atoms with Crippen LogP contribution in [0.25, 0.3) is 0 Å². The van der Waals surface area contributed by atoms with E-state index in [4.69, 9.17) is 0 Å². The molecule has 0 aliphatic carbocycles. The van der Waals surface area contributed by atoms with Crippen molar-refractivity contribution in [2.75, 3.05) is 38.7 Å². The fourth-order valence-corrected chi connectivity index (χ4v) is 3.30. The van der Waals surface area contributed by atoms with Crippen LogP contribution in [0.1, 0.15) is 18.4 Å². The molecule has 0 unspecified atom stereocenters. The Balaban J connectivity index is 1.73. The summed E-state index contributed by atoms with van der Waals surface area (Å²) >= 11 is 1.74. The second kappa shape index (κ2) is 8.44. The highest BCUT2D eigenvalue weighted by Gasteiger charge is 2.24. The molecule has 0 N–H and O–H groups in total. The number of rotatable bonds is 7. The van der Waals surface area contributed by atoms with Gasteiger partial charge in [0.1, 0.15) is 0 Å². The summed E-state index contributed by atoms with van der Waals surface area (Å²) in [5.41, 5.74) is 1.38. The maximum Gasteiger partial charge on any atom is 0.223 e. The van der Waals surface area contributed by atoms with Gasteiger partial charge in [0.15, 0.2) is 0 Å². The molecule has 1 heterocycles. The van der Waals surface area contributed by atoms with Gasteiger partial charge in [-0.2, -0.15) is 11.8 Å². The van der Waals surface area contributed by atoms with Gasteiger partial charge >= 0.3 is 0 Å². The third-order valence-corrected chi connectivity index (χ3v) is 4.71. The molecule has 1 fully saturated rings. The van der Waals surface area contributed by atoms with Crippen LogP contribution in [-0.2, 0) is 11.3 Å². The molecule has 1 aliphatic heterocycles. The summed E-state index contributed by atoms with van der Waals surface area (Å²) in [6.07, 6.45) is 3.91. The summed E-state index contributed by atoms with van der Waals surface area (Å²) in [7, 11) is 1.95. The molecular formula is C17H26N2OS. The van der Waals surface area contributed by atoms with Gasteiger partial charge in [-0.15, -0.1) is 0 Å². The minimum Gasteiger partial charge on any atom is -0.345 e. The standard InChI is InChI=1S/C17H26N2OS/c1-18(17(20)9-11-21-2)12-16-8-10-19(14-16)13-15-6-4-3-5-7-15/h3-7,16H,8-14H2,1-2H3/t16-/m0/s1. The summed E-state index contributed by atoms with van der Waals surface area (Å²) in [6.45, 7) is 4.18. The fourth-order valence-electron chi connectivity index (χ4n) is 2.92. The van der Waals surface area contributed by atoms with E-state index in [1.807, 2.05) is 18.2 Å². The first kappa shape index (κ1) is 16.4. The predicted molar refractivity (Wildman–Crippen MR) is 90.5 cm³/mol. The van der Waals surface area contributed by atoms with Crippen LogP contribution in [0.4, 0.5) is 0 Å². The summed E-state index contributed by atoms with van der Waals surface area (Å²) in [6, 6.07) is 10.6. The van der Waals surface area contributed by atoms with Gasteiger partial charge in [0, 0.05) is 38.9 Å². The number of likely N-dealkylation sites (tertiary alicyclic amines) is 1. The van der Waals surface area contributed by atoms with Crippen molar-refractivity contribution < 1.29 is 4.79 Å². The first-order chi connectivity index (χ1) is 10.2. The molecule has 0 radical (unpaired) electrons. The van der Waals surface area contributed by atoms with Gasteiger partial charge in [0.2, 0.25) is 5.91 Å². The van der Waals surface area contributed by atoms with Crippen LogP contribution in [0.2, 0.25) is 0 Å². The molecule has 2 rings (SSSR count). The van der Waals surface area contributed by atoms with E-state index in [9.17, 15) is 4.79 Å². The van der Waals surface area contributed by atoms with Crippen LogP contribution in [0.5, 0.6) is 0 Å². The second-order valence-corrected chi connectivity index (χ2v) is 6.88. The Morgan fingerprint density at radius 3 is 2.86 bits per heavy atom. The molecule has 21 heavy (non-hydrogen) atoms. The van der Waals surface area contributed by atoms with Crippen LogP contribution in [-0.4, -0.2) is 54.4 Å². The average molecular weight is 306 g/mol. The van der Waals surface area contributed by atoms with E-state index in [0.717, 1.165) is 31.9 Å². The molecule has 0 bridgehead atoms. The topological polar surface area (TPSA) is 23.6 Å². The third kappa shape index (κ3) is 5.36. The maximum atomic E-state index is 12.0. The van der Waals surface area contributed by atoms with E-state index in [2.05, 4.69) is 35.2 Å². The molecule has 1 aromatic carbocycles. The van der Waals surface area contributed by atoms with Crippen molar-refractivity contribution in [1.82, 2.24) is 9.80 Å². The monoisotopic (exact) mass is 306 g/mol. The Kier molecular flexibility index (Phi) is 6.58. The molecule has 1 saturated heterocycles. The van der Waals surface area contributed by atoms with Gasteiger partial charge in [-0.25, -0.2) is 0 Å². The molecule has 4 heteroatoms. The minimum absolute atomic E-state index is 0.283. The zero-order valence-electron chi connectivity index (χ0n) is 13.1. The smallest absolute Gasteiger partial charge is 0.223 e. The molecule has 0 aromatic heterocycles. The zero-order chi connectivity index (χ0) is 15.1. The Morgan fingerprint density at radius 2 is 2.14 bits per heavy atom. The Labute approximate surface area is 132 Å². The van der Waals surface area contributed by atoms with Crippen molar-refractivity contribution in [3.63, 3.8) is 0 Å². The van der Waals surface area contributed by atoms with Crippen LogP contribution in [0.3, 0.4) is 0 Å². The Hall–Kier alpha value is -1.00. The minimum atomic E-state index is 0.283. The summed E-state index contributed by atoms with van der Waals surface area (Å²) in [5, 5.41) is 0. The first-order valence-corrected chi connectivity index (χ1v) is 9.07. The number of amides is 1. The van der Waals surface area contributed by atoms with E-state index in [0.29, 0.717) is 12.3 Å². The number of thioether (sulfide) groups is 1. The summed E-state index contributed by atoms with van der Waals surface area (Å²) in [5.74, 6) is 1.83. The zero-order valence-corrected chi connectivity index (χ0v) is 13.9. The van der Waals surface area contributed by atoms with Crippen molar-refractivity contribution in [1.29, 1.82) is 0 Å². The number of nitrogens with zero attached hydrogens (tertiary/aromatic N) is 2. The van der Waals surface area contributed by atoms with E-state index in [-0.39, 0.29) is 5.91 Å². The van der Waals surface area contributed by atoms with Crippen molar-refractivity contribution in [2.24, 2.45) is 5.92 Å². The van der Waals surface area contributed by atoms with Gasteiger partial charge in [0.25, 0.3) is 0 Å². The summed E-state index contributed by atoms with van der Waals surface area (Å²) in [4.78, 5) is 16.4. The van der Waals surface area contributed by atoms with Gasteiger partial charge in [-0.05, 0) is 30.7 Å². The third-order valence-electron chi connectivity index (χ3n) is 4.10. The van der Waals surface area contributed by atoms with E-state index in [1.165, 1.54) is 12.0 Å². The molecule has 1 amide bonds. The summed E-state index contributed by atoms with van der Waals surface area (Å²) < 4.78 is 0. The number of benzene rings is 1. The van der Waals surface area contributed by atoms with Crippen molar-refractivity contribution in [2.45, 2.75) is 19.4 Å². The van der Waals surface area contributed by atoms with Gasteiger partial charge in [0.05, 0.1) is 0 Å². The number of hydrogen-bond donors (Lipinski definition) is 0. The predicted octanol–water partition coefficient (Wildman–Crippen LogP) is 2.72. The van der Waals surface area contributed by atoms with Crippen LogP contribution < -0.4 is 0 Å². The van der Waals surface area contributed by atoms with Crippen molar-refractivity contribution in [3.05, 3.63) is 35.9 Å².